The summed E-state index contributed by atoms with van der Waals surface area (Å²) in [6, 6.07) is 41.3. The second-order valence-corrected chi connectivity index (χ2v) is 10.9. The van der Waals surface area contributed by atoms with Crippen LogP contribution in [0.5, 0.6) is 0 Å². The lowest BCUT2D eigenvalue weighted by Crippen LogP contribution is -2.25. The highest BCUT2D eigenvalue weighted by atomic mass is 32.1. The lowest BCUT2D eigenvalue weighted by molar-refractivity contribution is 0.629. The Morgan fingerprint density at radius 1 is 0.595 bits per heavy atom. The van der Waals surface area contributed by atoms with Gasteiger partial charge in [0.25, 0.3) is 0 Å². The van der Waals surface area contributed by atoms with E-state index in [1.54, 1.807) is 11.3 Å². The Balaban J connectivity index is 1.49. The van der Waals surface area contributed by atoms with Gasteiger partial charge in [-0.25, -0.2) is 4.98 Å². The average Bonchev–Trinajstić information content (AvgIpc) is 3.69. The van der Waals surface area contributed by atoms with E-state index in [0.717, 1.165) is 27.4 Å². The van der Waals surface area contributed by atoms with Crippen molar-refractivity contribution in [2.24, 2.45) is 0 Å². The van der Waals surface area contributed by atoms with E-state index in [9.17, 15) is 0 Å². The van der Waals surface area contributed by atoms with Crippen molar-refractivity contribution in [3.63, 3.8) is 0 Å². The van der Waals surface area contributed by atoms with Gasteiger partial charge in [0.1, 0.15) is 16.4 Å². The third-order valence-electron chi connectivity index (χ3n) is 8.14. The summed E-state index contributed by atoms with van der Waals surface area (Å²) < 4.78 is 7.97. The summed E-state index contributed by atoms with van der Waals surface area (Å²) in [5.41, 5.74) is 11.6. The number of hydrogen-bond donors (Lipinski definition) is 0. The van der Waals surface area contributed by atoms with Crippen LogP contribution in [0.25, 0.3) is 54.2 Å². The fraction of sp³-hybridized carbons (Fsp3) is 0.0294. The van der Waals surface area contributed by atoms with Crippen LogP contribution in [-0.4, -0.2) is 4.98 Å². The quantitative estimate of drug-likeness (QED) is 0.230. The average molecular weight is 490 g/mol. The Labute approximate surface area is 217 Å². The van der Waals surface area contributed by atoms with Gasteiger partial charge in [-0.15, -0.1) is 11.3 Å². The highest BCUT2D eigenvalue weighted by molar-refractivity contribution is 7.21. The first-order valence-electron chi connectivity index (χ1n) is 12.6. The maximum atomic E-state index is 6.77. The summed E-state index contributed by atoms with van der Waals surface area (Å²) in [4.78, 5) is 5.07. The Morgan fingerprint density at radius 3 is 2.05 bits per heavy atom. The van der Waals surface area contributed by atoms with Crippen LogP contribution in [0.4, 0.5) is 0 Å². The molecular weight excluding hydrogens is 470 g/mol. The van der Waals surface area contributed by atoms with Crippen molar-refractivity contribution >= 4 is 32.5 Å². The van der Waals surface area contributed by atoms with Gasteiger partial charge in [-0.3, -0.25) is 0 Å². The summed E-state index contributed by atoms with van der Waals surface area (Å²) in [6.45, 7) is 0. The topological polar surface area (TPSA) is 26.0 Å². The fourth-order valence-electron chi connectivity index (χ4n) is 6.80. The highest BCUT2D eigenvalue weighted by Crippen LogP contribution is 2.66. The SMILES string of the molecule is c1ccc2c(c1)-c1ccccc1C21c2cccc(-c3nc4ccccc4s3)c2-c2oc3ccccc3c21. The van der Waals surface area contributed by atoms with Gasteiger partial charge in [-0.05, 0) is 46.0 Å². The van der Waals surface area contributed by atoms with E-state index in [1.807, 2.05) is 0 Å². The molecule has 0 unspecified atom stereocenters. The number of hydrogen-bond acceptors (Lipinski definition) is 3. The van der Waals surface area contributed by atoms with Gasteiger partial charge in [0, 0.05) is 22.1 Å². The first-order valence-corrected chi connectivity index (χ1v) is 13.4. The van der Waals surface area contributed by atoms with E-state index in [4.69, 9.17) is 9.40 Å². The monoisotopic (exact) mass is 489 g/mol. The Morgan fingerprint density at radius 2 is 1.24 bits per heavy atom. The van der Waals surface area contributed by atoms with E-state index in [-0.39, 0.29) is 0 Å². The minimum Gasteiger partial charge on any atom is -0.456 e. The molecule has 0 fully saturated rings. The molecule has 0 atom stereocenters. The zero-order valence-corrected chi connectivity index (χ0v) is 20.5. The Hall–Kier alpha value is -4.47. The zero-order valence-electron chi connectivity index (χ0n) is 19.7. The molecule has 2 aliphatic rings. The predicted molar refractivity (Wildman–Crippen MR) is 151 cm³/mol. The van der Waals surface area contributed by atoms with Gasteiger partial charge < -0.3 is 4.42 Å². The van der Waals surface area contributed by atoms with Crippen LogP contribution < -0.4 is 0 Å². The molecule has 0 bridgehead atoms. The first kappa shape index (κ1) is 19.7. The van der Waals surface area contributed by atoms with E-state index < -0.39 is 5.41 Å². The molecule has 0 radical (unpaired) electrons. The van der Waals surface area contributed by atoms with Crippen LogP contribution in [0.3, 0.4) is 0 Å². The van der Waals surface area contributed by atoms with Crippen molar-refractivity contribution in [1.29, 1.82) is 0 Å². The molecule has 0 aliphatic heterocycles. The number of para-hydroxylation sites is 2. The molecule has 0 N–H and O–H groups in total. The molecule has 5 aromatic carbocycles. The summed E-state index contributed by atoms with van der Waals surface area (Å²) in [6.07, 6.45) is 0. The number of benzene rings is 5. The molecule has 37 heavy (non-hydrogen) atoms. The Kier molecular flexibility index (Phi) is 3.64. The third-order valence-corrected chi connectivity index (χ3v) is 9.21. The first-order chi connectivity index (χ1) is 18.4. The third kappa shape index (κ3) is 2.29. The number of rotatable bonds is 1. The van der Waals surface area contributed by atoms with E-state index in [1.165, 1.54) is 49.0 Å². The van der Waals surface area contributed by atoms with E-state index >= 15 is 0 Å². The molecule has 0 saturated heterocycles. The standard InChI is InChI=1S/C34H19NOS/c1-4-14-24-20(10-1)21-11-2-5-15-25(21)34(24)26-16-9-13-23(33-35-27-17-6-8-19-29(27)37-33)30(26)32-31(34)22-12-3-7-18-28(22)36-32/h1-19H. The molecular formula is C34H19NOS. The number of nitrogens with zero attached hydrogens (tertiary/aromatic N) is 1. The molecule has 3 heteroatoms. The normalized spacial score (nSPS) is 14.2. The van der Waals surface area contributed by atoms with Gasteiger partial charge in [0.2, 0.25) is 0 Å². The van der Waals surface area contributed by atoms with Crippen molar-refractivity contribution in [3.8, 4) is 33.0 Å². The lowest BCUT2D eigenvalue weighted by atomic mass is 9.70. The Bertz CT molecular complexity index is 1980. The van der Waals surface area contributed by atoms with Crippen molar-refractivity contribution in [3.05, 3.63) is 138 Å². The molecule has 7 aromatic rings. The molecule has 2 aromatic heterocycles. The van der Waals surface area contributed by atoms with Gasteiger partial charge in [0.15, 0.2) is 0 Å². The zero-order chi connectivity index (χ0) is 24.1. The van der Waals surface area contributed by atoms with Crippen LogP contribution in [-0.2, 0) is 5.41 Å². The van der Waals surface area contributed by atoms with Crippen LogP contribution in [0.1, 0.15) is 22.3 Å². The smallest absolute Gasteiger partial charge is 0.141 e. The van der Waals surface area contributed by atoms with Crippen LogP contribution in [0.15, 0.2) is 120 Å². The molecule has 172 valence electrons. The molecule has 0 amide bonds. The molecule has 0 saturated carbocycles. The minimum absolute atomic E-state index is 0.433. The van der Waals surface area contributed by atoms with Gasteiger partial charge in [-0.1, -0.05) is 97.1 Å². The van der Waals surface area contributed by atoms with Crippen LogP contribution in [0, 0.1) is 0 Å². The highest BCUT2D eigenvalue weighted by Gasteiger charge is 2.54. The number of furan rings is 1. The largest absolute Gasteiger partial charge is 0.456 e. The van der Waals surface area contributed by atoms with E-state index in [2.05, 4.69) is 115 Å². The summed E-state index contributed by atoms with van der Waals surface area (Å²) in [5.74, 6) is 0.970. The molecule has 2 aliphatic carbocycles. The molecule has 9 rings (SSSR count). The minimum atomic E-state index is -0.433. The maximum absolute atomic E-state index is 6.77. The van der Waals surface area contributed by atoms with Crippen molar-refractivity contribution in [2.75, 3.05) is 0 Å². The molecule has 1 spiro atoms. The van der Waals surface area contributed by atoms with Crippen molar-refractivity contribution in [2.45, 2.75) is 5.41 Å². The number of thiazole rings is 1. The lowest BCUT2D eigenvalue weighted by Gasteiger charge is -2.30. The summed E-state index contributed by atoms with van der Waals surface area (Å²) >= 11 is 1.75. The maximum Gasteiger partial charge on any atom is 0.141 e. The summed E-state index contributed by atoms with van der Waals surface area (Å²) in [7, 11) is 0. The van der Waals surface area contributed by atoms with Crippen molar-refractivity contribution in [1.82, 2.24) is 4.98 Å². The molecule has 2 heterocycles. The van der Waals surface area contributed by atoms with Gasteiger partial charge in [0.05, 0.1) is 15.6 Å². The number of aromatic nitrogens is 1. The summed E-state index contributed by atoms with van der Waals surface area (Å²) in [5, 5.41) is 2.21. The van der Waals surface area contributed by atoms with Gasteiger partial charge in [-0.2, -0.15) is 0 Å². The fourth-order valence-corrected chi connectivity index (χ4v) is 7.80. The predicted octanol–water partition coefficient (Wildman–Crippen LogP) is 9.05. The second kappa shape index (κ2) is 6.84. The van der Waals surface area contributed by atoms with Crippen LogP contribution >= 0.6 is 11.3 Å². The van der Waals surface area contributed by atoms with E-state index in [0.29, 0.717) is 0 Å². The second-order valence-electron chi connectivity index (χ2n) is 9.86. The molecule has 2 nitrogen and oxygen atoms in total. The van der Waals surface area contributed by atoms with Gasteiger partial charge >= 0.3 is 0 Å². The van der Waals surface area contributed by atoms with Crippen LogP contribution in [0.2, 0.25) is 0 Å². The number of fused-ring (bicyclic) bond motifs is 13. The van der Waals surface area contributed by atoms with Crippen molar-refractivity contribution < 1.29 is 4.42 Å².